The number of hydrogen-bond acceptors (Lipinski definition) is 4. The van der Waals surface area contributed by atoms with E-state index in [0.29, 0.717) is 22.3 Å². The Labute approximate surface area is 121 Å². The van der Waals surface area contributed by atoms with Crippen molar-refractivity contribution in [3.05, 3.63) is 58.3 Å². The van der Waals surface area contributed by atoms with Crippen LogP contribution in [0.2, 0.25) is 0 Å². The molecule has 1 heterocycles. The summed E-state index contributed by atoms with van der Waals surface area (Å²) in [6, 6.07) is 12.2. The van der Waals surface area contributed by atoms with E-state index in [-0.39, 0.29) is 11.5 Å². The molecule has 0 bridgehead atoms. The molecule has 0 unspecified atom stereocenters. The molecule has 0 aliphatic carbocycles. The minimum absolute atomic E-state index is 0.167. The zero-order valence-corrected chi connectivity index (χ0v) is 11.7. The summed E-state index contributed by atoms with van der Waals surface area (Å²) in [5, 5.41) is 10.5. The average molecular weight is 282 g/mol. The van der Waals surface area contributed by atoms with Gasteiger partial charge in [-0.05, 0) is 48.9 Å². The number of hydrogen-bond donors (Lipinski definition) is 1. The molecular formula is C17H14O4. The molecule has 0 fully saturated rings. The SMILES string of the molecule is COc1ccc(-c2oc3cc(C)ccc3c(=O)c2O)cc1. The van der Waals surface area contributed by atoms with E-state index < -0.39 is 5.43 Å². The van der Waals surface area contributed by atoms with E-state index in [9.17, 15) is 9.90 Å². The van der Waals surface area contributed by atoms with Crippen molar-refractivity contribution >= 4 is 11.0 Å². The van der Waals surface area contributed by atoms with Crippen LogP contribution in [0.1, 0.15) is 5.56 Å². The van der Waals surface area contributed by atoms with E-state index in [4.69, 9.17) is 9.15 Å². The molecule has 0 aliphatic rings. The zero-order chi connectivity index (χ0) is 15.0. The van der Waals surface area contributed by atoms with Gasteiger partial charge in [0, 0.05) is 5.56 Å². The first-order valence-electron chi connectivity index (χ1n) is 6.51. The van der Waals surface area contributed by atoms with Crippen LogP contribution in [0, 0.1) is 6.92 Å². The molecule has 21 heavy (non-hydrogen) atoms. The Balaban J connectivity index is 2.26. The number of benzene rings is 2. The monoisotopic (exact) mass is 282 g/mol. The van der Waals surface area contributed by atoms with Gasteiger partial charge in [-0.15, -0.1) is 0 Å². The molecule has 0 spiro atoms. The van der Waals surface area contributed by atoms with Crippen molar-refractivity contribution in [2.45, 2.75) is 6.92 Å². The van der Waals surface area contributed by atoms with Crippen molar-refractivity contribution in [3.8, 4) is 22.8 Å². The van der Waals surface area contributed by atoms with E-state index in [1.165, 1.54) is 0 Å². The fraction of sp³-hybridized carbons (Fsp3) is 0.118. The van der Waals surface area contributed by atoms with E-state index in [2.05, 4.69) is 0 Å². The Bertz CT molecular complexity index is 860. The highest BCUT2D eigenvalue weighted by Crippen LogP contribution is 2.31. The van der Waals surface area contributed by atoms with Gasteiger partial charge < -0.3 is 14.3 Å². The summed E-state index contributed by atoms with van der Waals surface area (Å²) in [5.74, 6) is 0.481. The van der Waals surface area contributed by atoms with Crippen LogP contribution < -0.4 is 10.2 Å². The second kappa shape index (κ2) is 4.98. The molecule has 0 radical (unpaired) electrons. The van der Waals surface area contributed by atoms with Crippen LogP contribution >= 0.6 is 0 Å². The van der Waals surface area contributed by atoms with Gasteiger partial charge in [-0.2, -0.15) is 0 Å². The largest absolute Gasteiger partial charge is 0.502 e. The summed E-state index contributed by atoms with van der Waals surface area (Å²) in [6.45, 7) is 1.92. The standard InChI is InChI=1S/C17H14O4/c1-10-3-8-13-14(9-10)21-17(16(19)15(13)18)11-4-6-12(20-2)7-5-11/h3-9,19H,1-2H3. The topological polar surface area (TPSA) is 59.7 Å². The van der Waals surface area contributed by atoms with E-state index in [1.807, 2.05) is 13.0 Å². The van der Waals surface area contributed by atoms with Gasteiger partial charge in [0.15, 0.2) is 5.76 Å². The summed E-state index contributed by atoms with van der Waals surface area (Å²) in [7, 11) is 1.57. The fourth-order valence-electron chi connectivity index (χ4n) is 2.23. The van der Waals surface area contributed by atoms with Gasteiger partial charge in [0.05, 0.1) is 12.5 Å². The van der Waals surface area contributed by atoms with Crippen LogP contribution in [0.5, 0.6) is 11.5 Å². The predicted molar refractivity (Wildman–Crippen MR) is 80.9 cm³/mol. The highest BCUT2D eigenvalue weighted by molar-refractivity contribution is 5.82. The quantitative estimate of drug-likeness (QED) is 0.781. The molecule has 2 aromatic carbocycles. The van der Waals surface area contributed by atoms with Crippen LogP contribution in [0.3, 0.4) is 0 Å². The third-order valence-corrected chi connectivity index (χ3v) is 3.38. The number of aryl methyl sites for hydroxylation is 1. The first-order valence-corrected chi connectivity index (χ1v) is 6.51. The number of fused-ring (bicyclic) bond motifs is 1. The molecule has 0 saturated carbocycles. The smallest absolute Gasteiger partial charge is 0.235 e. The Morgan fingerprint density at radius 2 is 1.81 bits per heavy atom. The molecule has 106 valence electrons. The van der Waals surface area contributed by atoms with E-state index in [1.54, 1.807) is 43.5 Å². The van der Waals surface area contributed by atoms with Crippen LogP contribution in [0.15, 0.2) is 51.7 Å². The number of ether oxygens (including phenoxy) is 1. The summed E-state index contributed by atoms with van der Waals surface area (Å²) in [5.41, 5.74) is 1.64. The number of rotatable bonds is 2. The third kappa shape index (κ3) is 2.25. The second-order valence-corrected chi connectivity index (χ2v) is 4.84. The van der Waals surface area contributed by atoms with Crippen molar-refractivity contribution in [1.29, 1.82) is 0 Å². The summed E-state index contributed by atoms with van der Waals surface area (Å²) >= 11 is 0. The lowest BCUT2D eigenvalue weighted by Crippen LogP contribution is -2.02. The third-order valence-electron chi connectivity index (χ3n) is 3.38. The maximum absolute atomic E-state index is 12.2. The first-order chi connectivity index (χ1) is 10.1. The Kier molecular flexibility index (Phi) is 3.14. The van der Waals surface area contributed by atoms with Gasteiger partial charge >= 0.3 is 0 Å². The predicted octanol–water partition coefficient (Wildman–Crippen LogP) is 3.48. The van der Waals surface area contributed by atoms with Crippen LogP contribution in [-0.4, -0.2) is 12.2 Å². The van der Waals surface area contributed by atoms with Crippen LogP contribution in [-0.2, 0) is 0 Å². The summed E-state index contributed by atoms with van der Waals surface area (Å²) in [4.78, 5) is 12.2. The normalized spacial score (nSPS) is 10.8. The molecule has 3 aromatic rings. The molecule has 0 saturated heterocycles. The highest BCUT2D eigenvalue weighted by atomic mass is 16.5. The lowest BCUT2D eigenvalue weighted by Gasteiger charge is -2.07. The zero-order valence-electron chi connectivity index (χ0n) is 11.7. The Morgan fingerprint density at radius 3 is 2.48 bits per heavy atom. The lowest BCUT2D eigenvalue weighted by atomic mass is 10.1. The molecule has 0 aliphatic heterocycles. The molecular weight excluding hydrogens is 268 g/mol. The maximum Gasteiger partial charge on any atom is 0.235 e. The van der Waals surface area contributed by atoms with Gasteiger partial charge in [0.2, 0.25) is 11.2 Å². The van der Waals surface area contributed by atoms with Crippen molar-refractivity contribution in [3.63, 3.8) is 0 Å². The van der Waals surface area contributed by atoms with E-state index in [0.717, 1.165) is 5.56 Å². The lowest BCUT2D eigenvalue weighted by molar-refractivity contribution is 0.414. The molecule has 0 atom stereocenters. The van der Waals surface area contributed by atoms with Crippen molar-refractivity contribution in [1.82, 2.24) is 0 Å². The van der Waals surface area contributed by atoms with Gasteiger partial charge in [-0.3, -0.25) is 4.79 Å². The number of methoxy groups -OCH3 is 1. The molecule has 4 heteroatoms. The highest BCUT2D eigenvalue weighted by Gasteiger charge is 2.15. The molecule has 3 rings (SSSR count). The van der Waals surface area contributed by atoms with Gasteiger partial charge in [-0.1, -0.05) is 6.07 Å². The van der Waals surface area contributed by atoms with Crippen LogP contribution in [0.4, 0.5) is 0 Å². The molecule has 1 aromatic heterocycles. The van der Waals surface area contributed by atoms with Gasteiger partial charge in [0.1, 0.15) is 11.3 Å². The molecule has 0 amide bonds. The molecule has 1 N–H and O–H groups in total. The minimum atomic E-state index is -0.429. The van der Waals surface area contributed by atoms with Crippen molar-refractivity contribution in [2.75, 3.05) is 7.11 Å². The first kappa shape index (κ1) is 13.2. The summed E-state index contributed by atoms with van der Waals surface area (Å²) < 4.78 is 10.8. The van der Waals surface area contributed by atoms with Gasteiger partial charge in [-0.25, -0.2) is 0 Å². The van der Waals surface area contributed by atoms with Crippen LogP contribution in [0.25, 0.3) is 22.3 Å². The Morgan fingerprint density at radius 1 is 1.10 bits per heavy atom. The van der Waals surface area contributed by atoms with Crippen molar-refractivity contribution < 1.29 is 14.3 Å². The minimum Gasteiger partial charge on any atom is -0.502 e. The summed E-state index contributed by atoms with van der Waals surface area (Å²) in [6.07, 6.45) is 0. The second-order valence-electron chi connectivity index (χ2n) is 4.84. The van der Waals surface area contributed by atoms with E-state index >= 15 is 0 Å². The fourth-order valence-corrected chi connectivity index (χ4v) is 2.23. The number of aromatic hydroxyl groups is 1. The van der Waals surface area contributed by atoms with Gasteiger partial charge in [0.25, 0.3) is 0 Å². The Hall–Kier alpha value is -2.75. The van der Waals surface area contributed by atoms with Crippen molar-refractivity contribution in [2.24, 2.45) is 0 Å². The maximum atomic E-state index is 12.2. The average Bonchev–Trinajstić information content (AvgIpc) is 2.51. The molecule has 4 nitrogen and oxygen atoms in total.